The molecular formula is C17H31N5O7S. The molecule has 3 amide bonds. The smallest absolute Gasteiger partial charge is 0.326 e. The van der Waals surface area contributed by atoms with Gasteiger partial charge in [-0.15, -0.1) is 0 Å². The zero-order valence-electron chi connectivity index (χ0n) is 16.9. The summed E-state index contributed by atoms with van der Waals surface area (Å²) in [7, 11) is 0. The zero-order valence-corrected chi connectivity index (χ0v) is 17.7. The van der Waals surface area contributed by atoms with Crippen LogP contribution in [0.4, 0.5) is 0 Å². The number of nitrogens with one attached hydrogen (secondary N) is 3. The van der Waals surface area contributed by atoms with Gasteiger partial charge in [0, 0.05) is 0 Å². The second kappa shape index (κ2) is 15.5. The number of unbranched alkanes of at least 4 members (excludes halogenated alkanes) is 1. The van der Waals surface area contributed by atoms with E-state index in [1.807, 2.05) is 0 Å². The molecule has 0 saturated heterocycles. The molecule has 172 valence electrons. The van der Waals surface area contributed by atoms with Gasteiger partial charge in [-0.2, -0.15) is 11.8 Å². The number of hydrogen-bond acceptors (Lipinski definition) is 8. The van der Waals surface area contributed by atoms with E-state index in [9.17, 15) is 24.0 Å². The number of aliphatic carboxylic acids is 2. The Morgan fingerprint density at radius 2 is 1.43 bits per heavy atom. The highest BCUT2D eigenvalue weighted by atomic mass is 32.2. The minimum Gasteiger partial charge on any atom is -0.481 e. The molecule has 0 aliphatic carbocycles. The average Bonchev–Trinajstić information content (AvgIpc) is 2.68. The van der Waals surface area contributed by atoms with Crippen LogP contribution in [-0.2, 0) is 24.0 Å². The predicted octanol–water partition coefficient (Wildman–Crippen LogP) is -2.16. The van der Waals surface area contributed by atoms with E-state index >= 15 is 0 Å². The molecule has 0 aliphatic heterocycles. The highest BCUT2D eigenvalue weighted by Crippen LogP contribution is 2.06. The van der Waals surface area contributed by atoms with E-state index in [1.165, 1.54) is 11.8 Å². The SMILES string of the molecule is CSCCC(NC(=O)C(CCCCN)NC(=O)CN)C(=O)NC(CC(=O)O)C(=O)O. The molecule has 0 aromatic rings. The van der Waals surface area contributed by atoms with Crippen LogP contribution in [0.15, 0.2) is 0 Å². The number of amides is 3. The summed E-state index contributed by atoms with van der Waals surface area (Å²) in [6.45, 7) is 0.102. The summed E-state index contributed by atoms with van der Waals surface area (Å²) >= 11 is 1.41. The van der Waals surface area contributed by atoms with E-state index in [0.717, 1.165) is 0 Å². The third kappa shape index (κ3) is 11.6. The molecule has 0 saturated carbocycles. The molecule has 3 atom stereocenters. The molecule has 30 heavy (non-hydrogen) atoms. The van der Waals surface area contributed by atoms with Crippen molar-refractivity contribution in [3.05, 3.63) is 0 Å². The summed E-state index contributed by atoms with van der Waals surface area (Å²) in [6, 6.07) is -3.68. The van der Waals surface area contributed by atoms with Crippen LogP contribution in [0.1, 0.15) is 32.1 Å². The molecule has 0 aliphatic rings. The lowest BCUT2D eigenvalue weighted by atomic mass is 10.1. The first-order valence-electron chi connectivity index (χ1n) is 9.40. The lowest BCUT2D eigenvalue weighted by molar-refractivity contribution is -0.147. The second-order valence-electron chi connectivity index (χ2n) is 6.45. The van der Waals surface area contributed by atoms with Crippen molar-refractivity contribution in [2.24, 2.45) is 11.5 Å². The first kappa shape index (κ1) is 27.6. The fourth-order valence-electron chi connectivity index (χ4n) is 2.44. The number of carbonyl (C=O) groups excluding carboxylic acids is 3. The summed E-state index contributed by atoms with van der Waals surface area (Å²) in [6.07, 6.45) is 2.63. The predicted molar refractivity (Wildman–Crippen MR) is 111 cm³/mol. The Kier molecular flexibility index (Phi) is 14.2. The number of nitrogens with two attached hydrogens (primary N) is 2. The van der Waals surface area contributed by atoms with Crippen molar-refractivity contribution < 1.29 is 34.2 Å². The summed E-state index contributed by atoms with van der Waals surface area (Å²) < 4.78 is 0. The second-order valence-corrected chi connectivity index (χ2v) is 7.43. The minimum absolute atomic E-state index is 0.179. The molecule has 0 spiro atoms. The quantitative estimate of drug-likeness (QED) is 0.127. The highest BCUT2D eigenvalue weighted by molar-refractivity contribution is 7.98. The maximum Gasteiger partial charge on any atom is 0.326 e. The molecule has 0 radical (unpaired) electrons. The van der Waals surface area contributed by atoms with Gasteiger partial charge in [-0.3, -0.25) is 19.2 Å². The van der Waals surface area contributed by atoms with Crippen molar-refractivity contribution in [2.45, 2.75) is 50.2 Å². The van der Waals surface area contributed by atoms with Gasteiger partial charge in [-0.05, 0) is 44.2 Å². The Morgan fingerprint density at radius 1 is 0.867 bits per heavy atom. The first-order valence-corrected chi connectivity index (χ1v) is 10.8. The van der Waals surface area contributed by atoms with Crippen molar-refractivity contribution in [3.63, 3.8) is 0 Å². The lowest BCUT2D eigenvalue weighted by Gasteiger charge is -2.24. The van der Waals surface area contributed by atoms with Crippen molar-refractivity contribution >= 4 is 41.4 Å². The van der Waals surface area contributed by atoms with Crippen LogP contribution >= 0.6 is 11.8 Å². The Labute approximate surface area is 178 Å². The van der Waals surface area contributed by atoms with Gasteiger partial charge < -0.3 is 37.6 Å². The molecular weight excluding hydrogens is 418 g/mol. The van der Waals surface area contributed by atoms with E-state index in [4.69, 9.17) is 21.7 Å². The molecule has 0 aromatic heterocycles. The third-order valence-electron chi connectivity index (χ3n) is 4.02. The van der Waals surface area contributed by atoms with Gasteiger partial charge in [0.2, 0.25) is 17.7 Å². The van der Waals surface area contributed by atoms with Gasteiger partial charge in [0.15, 0.2) is 0 Å². The molecule has 9 N–H and O–H groups in total. The van der Waals surface area contributed by atoms with E-state index in [2.05, 4.69) is 16.0 Å². The van der Waals surface area contributed by atoms with Gasteiger partial charge in [-0.25, -0.2) is 4.79 Å². The van der Waals surface area contributed by atoms with Crippen molar-refractivity contribution in [1.82, 2.24) is 16.0 Å². The molecule has 0 bridgehead atoms. The van der Waals surface area contributed by atoms with Crippen molar-refractivity contribution in [1.29, 1.82) is 0 Å². The van der Waals surface area contributed by atoms with E-state index < -0.39 is 54.2 Å². The number of hydrogen-bond donors (Lipinski definition) is 7. The maximum absolute atomic E-state index is 12.7. The Bertz CT molecular complexity index is 605. The van der Waals surface area contributed by atoms with Gasteiger partial charge in [-0.1, -0.05) is 0 Å². The molecule has 0 fully saturated rings. The third-order valence-corrected chi connectivity index (χ3v) is 4.66. The van der Waals surface area contributed by atoms with Crippen LogP contribution in [0.5, 0.6) is 0 Å². The first-order chi connectivity index (χ1) is 14.2. The number of carbonyl (C=O) groups is 5. The Balaban J connectivity index is 5.28. The monoisotopic (exact) mass is 449 g/mol. The van der Waals surface area contributed by atoms with Gasteiger partial charge in [0.05, 0.1) is 13.0 Å². The normalized spacial score (nSPS) is 13.6. The molecule has 12 nitrogen and oxygen atoms in total. The fraction of sp³-hybridized carbons (Fsp3) is 0.706. The summed E-state index contributed by atoms with van der Waals surface area (Å²) in [5.41, 5.74) is 10.7. The molecule has 0 heterocycles. The molecule has 3 unspecified atom stereocenters. The summed E-state index contributed by atoms with van der Waals surface area (Å²) in [5.74, 6) is -4.41. The Hall–Kier alpha value is -2.38. The number of carboxylic acid groups (broad SMARTS) is 2. The largest absolute Gasteiger partial charge is 0.481 e. The van der Waals surface area contributed by atoms with Gasteiger partial charge in [0.1, 0.15) is 18.1 Å². The van der Waals surface area contributed by atoms with E-state index in [0.29, 0.717) is 25.1 Å². The maximum atomic E-state index is 12.7. The van der Waals surface area contributed by atoms with Crippen LogP contribution in [0, 0.1) is 0 Å². The van der Waals surface area contributed by atoms with Gasteiger partial charge in [0.25, 0.3) is 0 Å². The summed E-state index contributed by atoms with van der Waals surface area (Å²) in [5, 5.41) is 25.1. The number of thioether (sulfide) groups is 1. The van der Waals surface area contributed by atoms with E-state index in [1.54, 1.807) is 6.26 Å². The molecule has 13 heteroatoms. The Morgan fingerprint density at radius 3 is 1.90 bits per heavy atom. The van der Waals surface area contributed by atoms with Gasteiger partial charge >= 0.3 is 11.9 Å². The minimum atomic E-state index is -1.64. The molecule has 0 aromatic carbocycles. The summed E-state index contributed by atoms with van der Waals surface area (Å²) in [4.78, 5) is 58.8. The lowest BCUT2D eigenvalue weighted by Crippen LogP contribution is -2.56. The number of rotatable bonds is 16. The number of carboxylic acids is 2. The van der Waals surface area contributed by atoms with Crippen LogP contribution in [0.3, 0.4) is 0 Å². The molecule has 0 rings (SSSR count). The fourth-order valence-corrected chi connectivity index (χ4v) is 2.91. The highest BCUT2D eigenvalue weighted by Gasteiger charge is 2.30. The van der Waals surface area contributed by atoms with Crippen LogP contribution in [0.25, 0.3) is 0 Å². The van der Waals surface area contributed by atoms with Crippen LogP contribution in [0.2, 0.25) is 0 Å². The zero-order chi connectivity index (χ0) is 23.1. The van der Waals surface area contributed by atoms with Crippen molar-refractivity contribution in [2.75, 3.05) is 25.1 Å². The standard InChI is InChI=1S/C17H31N5O7S/c1-30-7-5-11(16(27)22-12(17(28)29)8-14(24)25)21-15(26)10(4-2-3-6-18)20-13(23)9-19/h10-12H,2-9,18-19H2,1H3,(H,20,23)(H,21,26)(H,22,27)(H,24,25)(H,28,29). The van der Waals surface area contributed by atoms with E-state index in [-0.39, 0.29) is 19.4 Å². The average molecular weight is 450 g/mol. The van der Waals surface area contributed by atoms with Crippen molar-refractivity contribution in [3.8, 4) is 0 Å². The topological polar surface area (TPSA) is 214 Å². The van der Waals surface area contributed by atoms with Crippen LogP contribution in [-0.4, -0.2) is 83.1 Å². The van der Waals surface area contributed by atoms with Crippen LogP contribution < -0.4 is 27.4 Å².